The van der Waals surface area contributed by atoms with Gasteiger partial charge in [-0.25, -0.2) is 9.78 Å². The van der Waals surface area contributed by atoms with Gasteiger partial charge in [-0.05, 0) is 36.6 Å². The van der Waals surface area contributed by atoms with Crippen LogP contribution in [0.2, 0.25) is 0 Å². The van der Waals surface area contributed by atoms with Gasteiger partial charge in [-0.3, -0.25) is 9.59 Å². The van der Waals surface area contributed by atoms with Crippen molar-refractivity contribution in [3.8, 4) is 0 Å². The Morgan fingerprint density at radius 3 is 3.00 bits per heavy atom. The number of carbonyl (C=O) groups is 2. The fraction of sp³-hybridized carbons (Fsp3) is 0.176. The normalized spacial score (nSPS) is 16.2. The van der Waals surface area contributed by atoms with Crippen molar-refractivity contribution in [3.63, 3.8) is 0 Å². The average molecular weight is 387 g/mol. The highest BCUT2D eigenvalue weighted by Crippen LogP contribution is 2.36. The number of nitrogens with zero attached hydrogens (tertiary/aromatic N) is 1. The first-order valence-corrected chi connectivity index (χ1v) is 9.52. The molecule has 1 atom stereocenters. The molecule has 4 rings (SSSR count). The first-order valence-electron chi connectivity index (χ1n) is 7.76. The van der Waals surface area contributed by atoms with Gasteiger partial charge in [0.25, 0.3) is 5.56 Å². The van der Waals surface area contributed by atoms with E-state index in [1.807, 2.05) is 6.92 Å². The molecular weight excluding hydrogens is 374 g/mol. The zero-order valence-electron chi connectivity index (χ0n) is 13.6. The molecule has 0 saturated heterocycles. The zero-order chi connectivity index (χ0) is 18.3. The summed E-state index contributed by atoms with van der Waals surface area (Å²) in [6.45, 7) is 1.68. The summed E-state index contributed by atoms with van der Waals surface area (Å²) in [5, 5.41) is 4.39. The SMILES string of the molecule is C[C@@H]1Sc2ccc(C(=O)OCc3nc4ccsc4c(=O)[nH]3)cc2NC1=O. The number of esters is 1. The molecule has 2 N–H and O–H groups in total. The van der Waals surface area contributed by atoms with Crippen LogP contribution in [-0.4, -0.2) is 27.1 Å². The van der Waals surface area contributed by atoms with E-state index in [1.165, 1.54) is 23.1 Å². The first kappa shape index (κ1) is 16.8. The van der Waals surface area contributed by atoms with E-state index < -0.39 is 5.97 Å². The average Bonchev–Trinajstić information content (AvgIpc) is 3.09. The molecule has 7 nitrogen and oxygen atoms in total. The third-order valence-corrected chi connectivity index (χ3v) is 5.93. The number of amides is 1. The number of thioether (sulfide) groups is 1. The van der Waals surface area contributed by atoms with Crippen LogP contribution in [0.3, 0.4) is 0 Å². The molecule has 132 valence electrons. The predicted molar refractivity (Wildman–Crippen MR) is 99.8 cm³/mol. The summed E-state index contributed by atoms with van der Waals surface area (Å²) in [6, 6.07) is 6.76. The first-order chi connectivity index (χ1) is 12.5. The van der Waals surface area contributed by atoms with Gasteiger partial charge in [0.15, 0.2) is 0 Å². The minimum atomic E-state index is -0.557. The van der Waals surface area contributed by atoms with Crippen molar-refractivity contribution in [2.24, 2.45) is 0 Å². The van der Waals surface area contributed by atoms with E-state index in [9.17, 15) is 14.4 Å². The van der Waals surface area contributed by atoms with Crippen LogP contribution in [0.25, 0.3) is 10.2 Å². The minimum Gasteiger partial charge on any atom is -0.454 e. The molecule has 1 aliphatic heterocycles. The summed E-state index contributed by atoms with van der Waals surface area (Å²) in [7, 11) is 0. The van der Waals surface area contributed by atoms with Crippen molar-refractivity contribution in [3.05, 3.63) is 51.4 Å². The Morgan fingerprint density at radius 2 is 2.15 bits per heavy atom. The van der Waals surface area contributed by atoms with Gasteiger partial charge < -0.3 is 15.0 Å². The van der Waals surface area contributed by atoms with E-state index in [0.29, 0.717) is 21.5 Å². The lowest BCUT2D eigenvalue weighted by Crippen LogP contribution is -2.26. The van der Waals surface area contributed by atoms with Crippen molar-refractivity contribution < 1.29 is 14.3 Å². The molecule has 1 amide bonds. The largest absolute Gasteiger partial charge is 0.454 e. The summed E-state index contributed by atoms with van der Waals surface area (Å²) in [5.41, 5.74) is 1.24. The highest BCUT2D eigenvalue weighted by atomic mass is 32.2. The highest BCUT2D eigenvalue weighted by Gasteiger charge is 2.24. The maximum absolute atomic E-state index is 12.3. The summed E-state index contributed by atoms with van der Waals surface area (Å²) >= 11 is 2.75. The number of H-pyrrole nitrogens is 1. The molecule has 0 saturated carbocycles. The van der Waals surface area contributed by atoms with Gasteiger partial charge in [-0.15, -0.1) is 23.1 Å². The topological polar surface area (TPSA) is 101 Å². The van der Waals surface area contributed by atoms with Crippen LogP contribution < -0.4 is 10.9 Å². The number of nitrogens with one attached hydrogen (secondary N) is 2. The lowest BCUT2D eigenvalue weighted by Gasteiger charge is -2.21. The second-order valence-electron chi connectivity index (χ2n) is 5.68. The summed E-state index contributed by atoms with van der Waals surface area (Å²) in [6.07, 6.45) is 0. The number of fused-ring (bicyclic) bond motifs is 2. The number of hydrogen-bond donors (Lipinski definition) is 2. The number of benzene rings is 1. The Balaban J connectivity index is 1.50. The Labute approximate surface area is 155 Å². The van der Waals surface area contributed by atoms with Crippen LogP contribution in [0.15, 0.2) is 39.3 Å². The van der Waals surface area contributed by atoms with Crippen LogP contribution >= 0.6 is 23.1 Å². The number of rotatable bonds is 3. The number of aromatic nitrogens is 2. The number of aromatic amines is 1. The third kappa shape index (κ3) is 3.11. The molecule has 0 unspecified atom stereocenters. The maximum atomic E-state index is 12.3. The molecule has 1 aliphatic rings. The number of anilines is 1. The van der Waals surface area contributed by atoms with E-state index in [1.54, 1.807) is 29.6 Å². The van der Waals surface area contributed by atoms with Gasteiger partial charge in [0.1, 0.15) is 17.1 Å². The molecule has 2 aromatic heterocycles. The summed E-state index contributed by atoms with van der Waals surface area (Å²) in [5.74, 6) is -0.373. The fourth-order valence-electron chi connectivity index (χ4n) is 2.54. The van der Waals surface area contributed by atoms with Crippen molar-refractivity contribution in [1.82, 2.24) is 9.97 Å². The number of hydrogen-bond acceptors (Lipinski definition) is 7. The predicted octanol–water partition coefficient (Wildman–Crippen LogP) is 2.77. The van der Waals surface area contributed by atoms with Gasteiger partial charge >= 0.3 is 5.97 Å². The van der Waals surface area contributed by atoms with E-state index in [0.717, 1.165) is 4.90 Å². The lowest BCUT2D eigenvalue weighted by molar-refractivity contribution is -0.115. The van der Waals surface area contributed by atoms with Gasteiger partial charge in [0.2, 0.25) is 5.91 Å². The van der Waals surface area contributed by atoms with Crippen molar-refractivity contribution >= 4 is 50.9 Å². The smallest absolute Gasteiger partial charge is 0.338 e. The van der Waals surface area contributed by atoms with Crippen molar-refractivity contribution in [2.45, 2.75) is 23.7 Å². The molecule has 0 bridgehead atoms. The van der Waals surface area contributed by atoms with Crippen LogP contribution in [0, 0.1) is 0 Å². The highest BCUT2D eigenvalue weighted by molar-refractivity contribution is 8.00. The summed E-state index contributed by atoms with van der Waals surface area (Å²) < 4.78 is 5.79. The van der Waals surface area contributed by atoms with Crippen molar-refractivity contribution in [1.29, 1.82) is 0 Å². The van der Waals surface area contributed by atoms with E-state index in [4.69, 9.17) is 4.74 Å². The zero-order valence-corrected chi connectivity index (χ0v) is 15.2. The molecular formula is C17H13N3O4S2. The van der Waals surface area contributed by atoms with E-state index in [-0.39, 0.29) is 29.1 Å². The molecule has 26 heavy (non-hydrogen) atoms. The Bertz CT molecular complexity index is 1090. The van der Waals surface area contributed by atoms with Crippen LogP contribution in [0.1, 0.15) is 23.1 Å². The van der Waals surface area contributed by atoms with Crippen LogP contribution in [-0.2, 0) is 16.1 Å². The van der Waals surface area contributed by atoms with E-state index in [2.05, 4.69) is 15.3 Å². The Morgan fingerprint density at radius 1 is 1.31 bits per heavy atom. The second-order valence-corrected chi connectivity index (χ2v) is 7.98. The van der Waals surface area contributed by atoms with Crippen LogP contribution in [0.5, 0.6) is 0 Å². The molecule has 1 aromatic carbocycles. The summed E-state index contributed by atoms with van der Waals surface area (Å²) in [4.78, 5) is 43.8. The molecule has 0 radical (unpaired) electrons. The fourth-order valence-corrected chi connectivity index (χ4v) is 4.20. The van der Waals surface area contributed by atoms with Gasteiger partial charge in [-0.1, -0.05) is 0 Å². The minimum absolute atomic E-state index is 0.0983. The monoisotopic (exact) mass is 387 g/mol. The quantitative estimate of drug-likeness (QED) is 0.670. The third-order valence-electron chi connectivity index (χ3n) is 3.85. The van der Waals surface area contributed by atoms with Gasteiger partial charge in [0, 0.05) is 4.90 Å². The molecule has 0 aliphatic carbocycles. The second kappa shape index (κ2) is 6.58. The van der Waals surface area contributed by atoms with Gasteiger partial charge in [0.05, 0.1) is 22.0 Å². The molecule has 0 fully saturated rings. The maximum Gasteiger partial charge on any atom is 0.338 e. The standard InChI is InChI=1S/C17H13N3O4S2/c1-8-15(21)19-11-6-9(2-3-12(11)26-8)17(23)24-7-13-18-10-4-5-25-14(10)16(22)20-13/h2-6,8H,7H2,1H3,(H,19,21)(H,18,20,22)/t8-/m0/s1. The number of ether oxygens (including phenoxy) is 1. The Hall–Kier alpha value is -2.65. The molecule has 3 aromatic rings. The number of thiophene rings is 1. The molecule has 0 spiro atoms. The van der Waals surface area contributed by atoms with E-state index >= 15 is 0 Å². The molecule has 3 heterocycles. The lowest BCUT2D eigenvalue weighted by atomic mass is 10.2. The Kier molecular flexibility index (Phi) is 4.25. The van der Waals surface area contributed by atoms with Crippen molar-refractivity contribution in [2.75, 3.05) is 5.32 Å². The van der Waals surface area contributed by atoms with Crippen LogP contribution in [0.4, 0.5) is 5.69 Å². The number of carbonyl (C=O) groups excluding carboxylic acids is 2. The van der Waals surface area contributed by atoms with Gasteiger partial charge in [-0.2, -0.15) is 0 Å². The molecule has 9 heteroatoms.